The number of nitrogens with one attached hydrogen (secondary N) is 2. The van der Waals surface area contributed by atoms with Gasteiger partial charge in [0, 0.05) is 11.3 Å². The molecular formula is C22H31N2O3+. The van der Waals surface area contributed by atoms with Gasteiger partial charge in [0.25, 0.3) is 5.91 Å². The molecule has 0 fully saturated rings. The Hall–Kier alpha value is -2.53. The zero-order valence-electron chi connectivity index (χ0n) is 17.2. The van der Waals surface area contributed by atoms with Crippen LogP contribution in [0.4, 0.5) is 5.69 Å². The Morgan fingerprint density at radius 1 is 1.07 bits per heavy atom. The van der Waals surface area contributed by atoms with Crippen molar-refractivity contribution in [3.8, 4) is 11.5 Å². The number of aryl methyl sites for hydroxylation is 1. The summed E-state index contributed by atoms with van der Waals surface area (Å²) in [6, 6.07) is 12.0. The number of likely N-dealkylation sites (N-methyl/N-ethyl adjacent to an activating group) is 1. The van der Waals surface area contributed by atoms with Crippen LogP contribution in [0.25, 0.3) is 0 Å². The third kappa shape index (κ3) is 5.73. The van der Waals surface area contributed by atoms with E-state index in [0.29, 0.717) is 18.2 Å². The van der Waals surface area contributed by atoms with Gasteiger partial charge in [0.05, 0.1) is 21.3 Å². The van der Waals surface area contributed by atoms with E-state index in [4.69, 9.17) is 9.47 Å². The summed E-state index contributed by atoms with van der Waals surface area (Å²) in [6.07, 6.45) is 0. The van der Waals surface area contributed by atoms with Crippen LogP contribution in [0.5, 0.6) is 11.5 Å². The van der Waals surface area contributed by atoms with Crippen LogP contribution in [0, 0.1) is 6.92 Å². The van der Waals surface area contributed by atoms with Gasteiger partial charge in [-0.15, -0.1) is 0 Å². The number of amides is 1. The van der Waals surface area contributed by atoms with Crippen LogP contribution in [0.15, 0.2) is 36.4 Å². The van der Waals surface area contributed by atoms with E-state index in [1.807, 2.05) is 38.2 Å². The number of carbonyl (C=O) groups excluding carboxylic acids is 1. The summed E-state index contributed by atoms with van der Waals surface area (Å²) >= 11 is 0. The highest BCUT2D eigenvalue weighted by Gasteiger charge is 2.15. The molecule has 5 heteroatoms. The highest BCUT2D eigenvalue weighted by Crippen LogP contribution is 2.29. The summed E-state index contributed by atoms with van der Waals surface area (Å²) in [5, 5.41) is 2.98. The van der Waals surface area contributed by atoms with E-state index in [0.717, 1.165) is 34.0 Å². The minimum absolute atomic E-state index is 0.00271. The Morgan fingerprint density at radius 2 is 1.67 bits per heavy atom. The number of ether oxygens (including phenoxy) is 2. The van der Waals surface area contributed by atoms with Crippen LogP contribution in [-0.4, -0.2) is 33.7 Å². The molecule has 0 aliphatic carbocycles. The molecule has 5 nitrogen and oxygen atoms in total. The second-order valence-electron chi connectivity index (χ2n) is 7.27. The molecule has 0 aliphatic rings. The number of anilines is 1. The predicted octanol–water partition coefficient (Wildman–Crippen LogP) is 2.79. The van der Waals surface area contributed by atoms with Gasteiger partial charge in [-0.3, -0.25) is 4.79 Å². The fraction of sp³-hybridized carbons (Fsp3) is 0.409. The number of rotatable bonds is 8. The SMILES string of the molecule is COc1cc(C)c(C[NH+](C)CC(=O)Nc2ccc(C(C)C)cc2)cc1OC. The van der Waals surface area contributed by atoms with Crippen molar-refractivity contribution < 1.29 is 19.2 Å². The van der Waals surface area contributed by atoms with Gasteiger partial charge < -0.3 is 19.7 Å². The van der Waals surface area contributed by atoms with E-state index >= 15 is 0 Å². The number of carbonyl (C=O) groups is 1. The lowest BCUT2D eigenvalue weighted by atomic mass is 10.0. The van der Waals surface area contributed by atoms with Crippen molar-refractivity contribution in [2.45, 2.75) is 33.2 Å². The van der Waals surface area contributed by atoms with Gasteiger partial charge in [-0.1, -0.05) is 26.0 Å². The Kier molecular flexibility index (Phi) is 7.25. The first kappa shape index (κ1) is 20.8. The quantitative estimate of drug-likeness (QED) is 0.750. The molecule has 0 saturated carbocycles. The summed E-state index contributed by atoms with van der Waals surface area (Å²) in [4.78, 5) is 13.5. The molecule has 0 saturated heterocycles. The minimum atomic E-state index is 0.00271. The van der Waals surface area contributed by atoms with Crippen molar-refractivity contribution in [2.75, 3.05) is 33.1 Å². The van der Waals surface area contributed by atoms with Crippen LogP contribution in [0.3, 0.4) is 0 Å². The number of quaternary nitrogens is 1. The first-order chi connectivity index (χ1) is 12.8. The topological polar surface area (TPSA) is 52.0 Å². The molecule has 0 bridgehead atoms. The average Bonchev–Trinajstić information content (AvgIpc) is 2.63. The zero-order valence-corrected chi connectivity index (χ0v) is 17.2. The molecule has 0 heterocycles. The lowest BCUT2D eigenvalue weighted by Crippen LogP contribution is -3.08. The third-order valence-electron chi connectivity index (χ3n) is 4.66. The third-order valence-corrected chi connectivity index (χ3v) is 4.66. The molecule has 2 aromatic carbocycles. The van der Waals surface area contributed by atoms with Crippen molar-refractivity contribution in [3.63, 3.8) is 0 Å². The Balaban J connectivity index is 1.96. The van der Waals surface area contributed by atoms with Crippen molar-refractivity contribution >= 4 is 11.6 Å². The first-order valence-electron chi connectivity index (χ1n) is 9.26. The van der Waals surface area contributed by atoms with Crippen LogP contribution >= 0.6 is 0 Å². The molecule has 0 radical (unpaired) electrons. The molecule has 146 valence electrons. The normalized spacial score (nSPS) is 12.0. The summed E-state index contributed by atoms with van der Waals surface area (Å²) in [6.45, 7) is 7.47. The van der Waals surface area contributed by atoms with E-state index in [1.54, 1.807) is 14.2 Å². The molecule has 2 rings (SSSR count). The molecular weight excluding hydrogens is 340 g/mol. The number of methoxy groups -OCH3 is 2. The Morgan fingerprint density at radius 3 is 2.22 bits per heavy atom. The average molecular weight is 372 g/mol. The van der Waals surface area contributed by atoms with Crippen molar-refractivity contribution in [1.29, 1.82) is 0 Å². The molecule has 27 heavy (non-hydrogen) atoms. The van der Waals surface area contributed by atoms with Crippen molar-refractivity contribution in [1.82, 2.24) is 0 Å². The number of hydrogen-bond acceptors (Lipinski definition) is 3. The lowest BCUT2D eigenvalue weighted by molar-refractivity contribution is -0.885. The minimum Gasteiger partial charge on any atom is -0.493 e. The van der Waals surface area contributed by atoms with Crippen LogP contribution in [0.2, 0.25) is 0 Å². The van der Waals surface area contributed by atoms with E-state index in [2.05, 4.69) is 31.3 Å². The summed E-state index contributed by atoms with van der Waals surface area (Å²) in [7, 11) is 5.27. The number of benzene rings is 2. The molecule has 1 unspecified atom stereocenters. The van der Waals surface area contributed by atoms with Crippen molar-refractivity contribution in [2.24, 2.45) is 0 Å². The second-order valence-corrected chi connectivity index (χ2v) is 7.27. The van der Waals surface area contributed by atoms with E-state index < -0.39 is 0 Å². The first-order valence-corrected chi connectivity index (χ1v) is 9.26. The number of hydrogen-bond donors (Lipinski definition) is 2. The zero-order chi connectivity index (χ0) is 20.0. The molecule has 1 amide bonds. The smallest absolute Gasteiger partial charge is 0.279 e. The maximum absolute atomic E-state index is 12.4. The molecule has 0 aliphatic heterocycles. The lowest BCUT2D eigenvalue weighted by Gasteiger charge is -2.17. The molecule has 1 atom stereocenters. The molecule has 2 N–H and O–H groups in total. The molecule has 2 aromatic rings. The van der Waals surface area contributed by atoms with Crippen LogP contribution < -0.4 is 19.7 Å². The van der Waals surface area contributed by atoms with E-state index in [-0.39, 0.29) is 5.91 Å². The summed E-state index contributed by atoms with van der Waals surface area (Å²) in [5.41, 5.74) is 4.36. The van der Waals surface area contributed by atoms with Gasteiger partial charge >= 0.3 is 0 Å². The Labute approximate surface area is 162 Å². The summed E-state index contributed by atoms with van der Waals surface area (Å²) < 4.78 is 10.7. The summed E-state index contributed by atoms with van der Waals surface area (Å²) in [5.74, 6) is 1.91. The van der Waals surface area contributed by atoms with Gasteiger partial charge in [-0.25, -0.2) is 0 Å². The van der Waals surface area contributed by atoms with Gasteiger partial charge in [0.1, 0.15) is 6.54 Å². The Bertz CT molecular complexity index is 770. The maximum atomic E-state index is 12.4. The van der Waals surface area contributed by atoms with Crippen LogP contribution in [0.1, 0.15) is 36.5 Å². The fourth-order valence-corrected chi connectivity index (χ4v) is 3.03. The maximum Gasteiger partial charge on any atom is 0.279 e. The highest BCUT2D eigenvalue weighted by atomic mass is 16.5. The highest BCUT2D eigenvalue weighted by molar-refractivity contribution is 5.91. The van der Waals surface area contributed by atoms with Gasteiger partial charge in [0.15, 0.2) is 18.0 Å². The van der Waals surface area contributed by atoms with E-state index in [9.17, 15) is 4.79 Å². The molecule has 0 spiro atoms. The van der Waals surface area contributed by atoms with Gasteiger partial charge in [-0.05, 0) is 48.2 Å². The molecule has 0 aromatic heterocycles. The monoisotopic (exact) mass is 371 g/mol. The standard InChI is InChI=1S/C22H30N2O3/c1-15(2)17-7-9-19(10-8-17)23-22(25)14-24(4)13-18-12-21(27-6)20(26-5)11-16(18)3/h7-12,15H,13-14H2,1-6H3,(H,23,25)/p+1. The van der Waals surface area contributed by atoms with Crippen LogP contribution in [-0.2, 0) is 11.3 Å². The van der Waals surface area contributed by atoms with E-state index in [1.165, 1.54) is 5.56 Å². The van der Waals surface area contributed by atoms with Crippen molar-refractivity contribution in [3.05, 3.63) is 53.1 Å². The van der Waals surface area contributed by atoms with Gasteiger partial charge in [0.2, 0.25) is 0 Å². The van der Waals surface area contributed by atoms with Gasteiger partial charge in [-0.2, -0.15) is 0 Å². The fourth-order valence-electron chi connectivity index (χ4n) is 3.03. The largest absolute Gasteiger partial charge is 0.493 e. The predicted molar refractivity (Wildman–Crippen MR) is 109 cm³/mol. The second kappa shape index (κ2) is 9.42.